The molecule has 1 heterocycles. The number of hydrogen-bond acceptors (Lipinski definition) is 2. The summed E-state index contributed by atoms with van der Waals surface area (Å²) >= 11 is 0. The fourth-order valence-corrected chi connectivity index (χ4v) is 1.44. The highest BCUT2D eigenvalue weighted by Crippen LogP contribution is 2.18. The Kier molecular flexibility index (Phi) is 1.77. The minimum Gasteiger partial charge on any atom is -0.326 e. The predicted molar refractivity (Wildman–Crippen MR) is 48.6 cm³/mol. The topological polar surface area (TPSA) is 43.8 Å². The predicted octanol–water partition coefficient (Wildman–Crippen LogP) is 1.17. The lowest BCUT2D eigenvalue weighted by Gasteiger charge is -1.97. The molecule has 0 amide bonds. The molecule has 2 N–H and O–H groups in total. The van der Waals surface area contributed by atoms with Crippen LogP contribution in [0.25, 0.3) is 10.9 Å². The molecule has 2 rings (SSSR count). The molecule has 1 aromatic carbocycles. The highest BCUT2D eigenvalue weighted by molar-refractivity contribution is 5.81. The van der Waals surface area contributed by atoms with Crippen LogP contribution in [0.2, 0.25) is 0 Å². The van der Waals surface area contributed by atoms with Crippen molar-refractivity contribution in [1.29, 1.82) is 0 Å². The van der Waals surface area contributed by atoms with Gasteiger partial charge in [0, 0.05) is 25.2 Å². The molecule has 0 aliphatic rings. The number of rotatable bonds is 1. The summed E-state index contributed by atoms with van der Waals surface area (Å²) in [5, 5.41) is 4.99. The van der Waals surface area contributed by atoms with E-state index in [-0.39, 0.29) is 5.82 Å². The van der Waals surface area contributed by atoms with E-state index in [2.05, 4.69) is 5.10 Å². The van der Waals surface area contributed by atoms with Gasteiger partial charge in [0.25, 0.3) is 0 Å². The van der Waals surface area contributed by atoms with Gasteiger partial charge in [-0.3, -0.25) is 4.68 Å². The number of hydrogen-bond donors (Lipinski definition) is 1. The van der Waals surface area contributed by atoms with E-state index in [1.54, 1.807) is 17.9 Å². The zero-order valence-corrected chi connectivity index (χ0v) is 7.29. The Morgan fingerprint density at radius 2 is 2.31 bits per heavy atom. The van der Waals surface area contributed by atoms with Crippen LogP contribution in [0, 0.1) is 5.82 Å². The summed E-state index contributed by atoms with van der Waals surface area (Å²) in [4.78, 5) is 0. The lowest BCUT2D eigenvalue weighted by atomic mass is 10.1. The molecule has 4 heteroatoms. The molecule has 0 atom stereocenters. The maximum absolute atomic E-state index is 13.0. The Morgan fingerprint density at radius 1 is 1.54 bits per heavy atom. The number of nitrogens with two attached hydrogens (primary N) is 1. The van der Waals surface area contributed by atoms with Crippen LogP contribution in [0.1, 0.15) is 5.56 Å². The van der Waals surface area contributed by atoms with Crippen LogP contribution in [-0.4, -0.2) is 9.78 Å². The highest BCUT2D eigenvalue weighted by atomic mass is 19.1. The summed E-state index contributed by atoms with van der Waals surface area (Å²) in [6.45, 7) is 0.311. The summed E-state index contributed by atoms with van der Waals surface area (Å²) in [5.74, 6) is -0.263. The number of fused-ring (bicyclic) bond motifs is 1. The van der Waals surface area contributed by atoms with Gasteiger partial charge in [-0.2, -0.15) is 5.10 Å². The van der Waals surface area contributed by atoms with Crippen LogP contribution in [0.5, 0.6) is 0 Å². The number of halogens is 1. The van der Waals surface area contributed by atoms with Crippen molar-refractivity contribution in [3.8, 4) is 0 Å². The Balaban J connectivity index is 2.80. The monoisotopic (exact) mass is 179 g/mol. The highest BCUT2D eigenvalue weighted by Gasteiger charge is 2.05. The van der Waals surface area contributed by atoms with Gasteiger partial charge < -0.3 is 5.73 Å². The third kappa shape index (κ3) is 1.29. The fourth-order valence-electron chi connectivity index (χ4n) is 1.44. The summed E-state index contributed by atoms with van der Waals surface area (Å²) in [6, 6.07) is 2.89. The van der Waals surface area contributed by atoms with Crippen molar-refractivity contribution < 1.29 is 4.39 Å². The standard InChI is InChI=1S/C9H10FN3/c1-13-5-7-3-8(10)2-6(4-11)9(7)12-13/h2-3,5H,4,11H2,1H3. The fraction of sp³-hybridized carbons (Fsp3) is 0.222. The normalized spacial score (nSPS) is 11.0. The van der Waals surface area contributed by atoms with E-state index in [0.717, 1.165) is 16.5 Å². The summed E-state index contributed by atoms with van der Waals surface area (Å²) in [6.07, 6.45) is 1.78. The molecule has 2 aromatic rings. The van der Waals surface area contributed by atoms with E-state index in [1.807, 2.05) is 0 Å². The van der Waals surface area contributed by atoms with Gasteiger partial charge in [-0.15, -0.1) is 0 Å². The number of aryl methyl sites for hydroxylation is 1. The van der Waals surface area contributed by atoms with Crippen molar-refractivity contribution in [1.82, 2.24) is 9.78 Å². The maximum atomic E-state index is 13.0. The molecule has 68 valence electrons. The van der Waals surface area contributed by atoms with Crippen molar-refractivity contribution in [3.63, 3.8) is 0 Å². The Bertz CT molecular complexity index is 447. The van der Waals surface area contributed by atoms with Gasteiger partial charge in [0.05, 0.1) is 5.52 Å². The van der Waals surface area contributed by atoms with Crippen LogP contribution >= 0.6 is 0 Å². The second kappa shape index (κ2) is 2.81. The van der Waals surface area contributed by atoms with E-state index in [1.165, 1.54) is 12.1 Å². The molecule has 0 saturated heterocycles. The van der Waals surface area contributed by atoms with Crippen molar-refractivity contribution in [2.75, 3.05) is 0 Å². The Morgan fingerprint density at radius 3 is 3.00 bits per heavy atom. The molecule has 0 bridgehead atoms. The molecule has 3 nitrogen and oxygen atoms in total. The van der Waals surface area contributed by atoms with E-state index in [0.29, 0.717) is 6.54 Å². The van der Waals surface area contributed by atoms with Crippen molar-refractivity contribution >= 4 is 10.9 Å². The second-order valence-corrected chi connectivity index (χ2v) is 3.01. The van der Waals surface area contributed by atoms with Gasteiger partial charge in [-0.1, -0.05) is 0 Å². The van der Waals surface area contributed by atoms with Crippen LogP contribution < -0.4 is 5.73 Å². The van der Waals surface area contributed by atoms with Gasteiger partial charge in [0.2, 0.25) is 0 Å². The third-order valence-corrected chi connectivity index (χ3v) is 1.99. The Labute approximate surface area is 75.0 Å². The Hall–Kier alpha value is -1.42. The molecular formula is C9H10FN3. The number of nitrogens with zero attached hydrogens (tertiary/aromatic N) is 2. The summed E-state index contributed by atoms with van der Waals surface area (Å²) < 4.78 is 14.7. The quantitative estimate of drug-likeness (QED) is 0.714. The zero-order valence-electron chi connectivity index (χ0n) is 7.29. The van der Waals surface area contributed by atoms with Crippen LogP contribution in [-0.2, 0) is 13.6 Å². The van der Waals surface area contributed by atoms with Gasteiger partial charge >= 0.3 is 0 Å². The molecule has 0 spiro atoms. The first-order valence-corrected chi connectivity index (χ1v) is 4.02. The average molecular weight is 179 g/mol. The molecule has 13 heavy (non-hydrogen) atoms. The molecule has 0 radical (unpaired) electrons. The average Bonchev–Trinajstić information content (AvgIpc) is 2.43. The molecule has 1 aromatic heterocycles. The lowest BCUT2D eigenvalue weighted by Crippen LogP contribution is -1.98. The van der Waals surface area contributed by atoms with Crippen molar-refractivity contribution in [2.24, 2.45) is 12.8 Å². The van der Waals surface area contributed by atoms with Gasteiger partial charge in [-0.05, 0) is 17.7 Å². The smallest absolute Gasteiger partial charge is 0.124 e. The van der Waals surface area contributed by atoms with Gasteiger partial charge in [0.1, 0.15) is 5.82 Å². The van der Waals surface area contributed by atoms with Crippen molar-refractivity contribution in [2.45, 2.75) is 6.54 Å². The minimum absolute atomic E-state index is 0.263. The molecule has 0 aliphatic carbocycles. The number of benzene rings is 1. The first-order valence-electron chi connectivity index (χ1n) is 4.02. The summed E-state index contributed by atoms with van der Waals surface area (Å²) in [5.41, 5.74) is 7.01. The van der Waals surface area contributed by atoms with Gasteiger partial charge in [0.15, 0.2) is 0 Å². The van der Waals surface area contributed by atoms with Crippen LogP contribution in [0.15, 0.2) is 18.3 Å². The SMILES string of the molecule is Cn1cc2cc(F)cc(CN)c2n1. The minimum atomic E-state index is -0.263. The van der Waals surface area contributed by atoms with Gasteiger partial charge in [-0.25, -0.2) is 4.39 Å². The maximum Gasteiger partial charge on any atom is 0.124 e. The number of aromatic nitrogens is 2. The molecule has 0 saturated carbocycles. The second-order valence-electron chi connectivity index (χ2n) is 3.01. The summed E-state index contributed by atoms with van der Waals surface area (Å²) in [7, 11) is 1.80. The third-order valence-electron chi connectivity index (χ3n) is 1.99. The van der Waals surface area contributed by atoms with E-state index < -0.39 is 0 Å². The first kappa shape index (κ1) is 8.19. The zero-order chi connectivity index (χ0) is 9.42. The molecule has 0 unspecified atom stereocenters. The molecular weight excluding hydrogens is 169 g/mol. The van der Waals surface area contributed by atoms with Crippen LogP contribution in [0.4, 0.5) is 4.39 Å². The largest absolute Gasteiger partial charge is 0.326 e. The van der Waals surface area contributed by atoms with E-state index in [9.17, 15) is 4.39 Å². The lowest BCUT2D eigenvalue weighted by molar-refractivity contribution is 0.627. The molecule has 0 aliphatic heterocycles. The molecule has 0 fully saturated rings. The van der Waals surface area contributed by atoms with Crippen molar-refractivity contribution in [3.05, 3.63) is 29.7 Å². The van der Waals surface area contributed by atoms with E-state index >= 15 is 0 Å². The first-order chi connectivity index (χ1) is 6.20. The van der Waals surface area contributed by atoms with E-state index in [4.69, 9.17) is 5.73 Å². The van der Waals surface area contributed by atoms with Crippen LogP contribution in [0.3, 0.4) is 0 Å².